The smallest absolute Gasteiger partial charge is 0.251 e. The lowest BCUT2D eigenvalue weighted by molar-refractivity contribution is -0.116. The summed E-state index contributed by atoms with van der Waals surface area (Å²) in [6.07, 6.45) is 1.94. The maximum atomic E-state index is 11.6. The molecular weight excluding hydrogens is 238 g/mol. The van der Waals surface area contributed by atoms with Crippen LogP contribution in [0.1, 0.15) is 36.5 Å². The van der Waals surface area contributed by atoms with Gasteiger partial charge < -0.3 is 16.8 Å². The molecule has 17 heavy (non-hydrogen) atoms. The summed E-state index contributed by atoms with van der Waals surface area (Å²) in [6.45, 7) is 1.91. The maximum absolute atomic E-state index is 11.6. The number of primary amides is 1. The lowest BCUT2D eigenvalue weighted by Crippen LogP contribution is -2.18. The number of hydrogen-bond donors (Lipinski definition) is 3. The summed E-state index contributed by atoms with van der Waals surface area (Å²) in [6, 6.07) is 1.70. The Morgan fingerprint density at radius 1 is 1.53 bits per heavy atom. The predicted octanol–water partition coefficient (Wildman–Crippen LogP) is 1.30. The van der Waals surface area contributed by atoms with E-state index in [1.54, 1.807) is 11.4 Å². The monoisotopic (exact) mass is 255 g/mol. The number of nitrogens with two attached hydrogens (primary N) is 2. The fraction of sp³-hybridized carbons (Fsp3) is 0.455. The van der Waals surface area contributed by atoms with Crippen molar-refractivity contribution in [2.75, 3.05) is 5.32 Å². The lowest BCUT2D eigenvalue weighted by Gasteiger charge is -2.06. The molecule has 0 aliphatic rings. The molecule has 0 aromatic carbocycles. The molecule has 0 aliphatic carbocycles. The second-order valence-corrected chi connectivity index (χ2v) is 4.86. The van der Waals surface area contributed by atoms with E-state index in [2.05, 4.69) is 5.32 Å². The van der Waals surface area contributed by atoms with Crippen molar-refractivity contribution in [2.24, 2.45) is 11.5 Å². The van der Waals surface area contributed by atoms with Gasteiger partial charge in [0.15, 0.2) is 0 Å². The van der Waals surface area contributed by atoms with Crippen molar-refractivity contribution < 1.29 is 9.59 Å². The molecule has 0 radical (unpaired) electrons. The first-order chi connectivity index (χ1) is 8.00. The Labute approximate surface area is 104 Å². The first-order valence-electron chi connectivity index (χ1n) is 5.43. The molecule has 0 aliphatic heterocycles. The topological polar surface area (TPSA) is 98.2 Å². The van der Waals surface area contributed by atoms with Crippen molar-refractivity contribution in [1.29, 1.82) is 0 Å². The summed E-state index contributed by atoms with van der Waals surface area (Å²) >= 11 is 1.29. The van der Waals surface area contributed by atoms with E-state index in [-0.39, 0.29) is 11.9 Å². The molecule has 1 heterocycles. The number of nitrogens with one attached hydrogen (secondary N) is 1. The van der Waals surface area contributed by atoms with Crippen molar-refractivity contribution in [3.05, 3.63) is 17.0 Å². The molecule has 6 heteroatoms. The van der Waals surface area contributed by atoms with Crippen LogP contribution in [0.2, 0.25) is 0 Å². The lowest BCUT2D eigenvalue weighted by atomic mass is 10.1. The van der Waals surface area contributed by atoms with Gasteiger partial charge in [-0.2, -0.15) is 0 Å². The largest absolute Gasteiger partial charge is 0.366 e. The summed E-state index contributed by atoms with van der Waals surface area (Å²) in [4.78, 5) is 22.6. The van der Waals surface area contributed by atoms with E-state index < -0.39 is 5.91 Å². The van der Waals surface area contributed by atoms with Crippen molar-refractivity contribution in [2.45, 2.75) is 32.2 Å². The molecule has 5 nitrogen and oxygen atoms in total. The number of rotatable bonds is 6. The summed E-state index contributed by atoms with van der Waals surface area (Å²) in [5.74, 6) is -0.646. The average Bonchev–Trinajstić information content (AvgIpc) is 2.65. The molecule has 0 saturated heterocycles. The van der Waals surface area contributed by atoms with Gasteiger partial charge in [0.2, 0.25) is 5.91 Å². The number of hydrogen-bond acceptors (Lipinski definition) is 4. The quantitative estimate of drug-likeness (QED) is 0.714. The zero-order valence-corrected chi connectivity index (χ0v) is 10.5. The van der Waals surface area contributed by atoms with E-state index in [9.17, 15) is 9.59 Å². The highest BCUT2D eigenvalue weighted by atomic mass is 32.1. The summed E-state index contributed by atoms with van der Waals surface area (Å²) in [7, 11) is 0. The van der Waals surface area contributed by atoms with Crippen LogP contribution in [0.25, 0.3) is 0 Å². The third-order valence-corrected chi connectivity index (χ3v) is 3.08. The number of thiophene rings is 1. The van der Waals surface area contributed by atoms with Crippen LogP contribution >= 0.6 is 11.3 Å². The molecule has 0 spiro atoms. The zero-order chi connectivity index (χ0) is 12.8. The highest BCUT2D eigenvalue weighted by Gasteiger charge is 2.12. The number of amides is 2. The minimum absolute atomic E-state index is 0.103. The van der Waals surface area contributed by atoms with E-state index >= 15 is 0 Å². The molecule has 1 unspecified atom stereocenters. The SMILES string of the molecule is CC(N)CCCC(=O)Nc1sccc1C(N)=O. The number of anilines is 1. The minimum Gasteiger partial charge on any atom is -0.366 e. The normalized spacial score (nSPS) is 12.1. The van der Waals surface area contributed by atoms with Crippen molar-refractivity contribution in [1.82, 2.24) is 0 Å². The Morgan fingerprint density at radius 2 is 2.24 bits per heavy atom. The van der Waals surface area contributed by atoms with Crippen LogP contribution < -0.4 is 16.8 Å². The molecular formula is C11H17N3O2S. The fourth-order valence-corrected chi connectivity index (χ4v) is 2.18. The van der Waals surface area contributed by atoms with Crippen LogP contribution in [0.4, 0.5) is 5.00 Å². The van der Waals surface area contributed by atoms with Crippen molar-refractivity contribution in [3.63, 3.8) is 0 Å². The second-order valence-electron chi connectivity index (χ2n) is 3.95. The Kier molecular flexibility index (Phi) is 5.11. The van der Waals surface area contributed by atoms with Gasteiger partial charge in [0.25, 0.3) is 5.91 Å². The van der Waals surface area contributed by atoms with Crippen molar-refractivity contribution >= 4 is 28.2 Å². The maximum Gasteiger partial charge on any atom is 0.251 e. The Hall–Kier alpha value is -1.40. The summed E-state index contributed by atoms with van der Waals surface area (Å²) < 4.78 is 0. The molecule has 2 amide bonds. The fourth-order valence-electron chi connectivity index (χ4n) is 1.37. The summed E-state index contributed by atoms with van der Waals surface area (Å²) in [5.41, 5.74) is 11.1. The average molecular weight is 255 g/mol. The molecule has 5 N–H and O–H groups in total. The Balaban J connectivity index is 2.45. The third-order valence-electron chi connectivity index (χ3n) is 2.25. The van der Waals surface area contributed by atoms with E-state index in [0.29, 0.717) is 17.0 Å². The van der Waals surface area contributed by atoms with Gasteiger partial charge in [-0.3, -0.25) is 9.59 Å². The zero-order valence-electron chi connectivity index (χ0n) is 9.73. The highest BCUT2D eigenvalue weighted by molar-refractivity contribution is 7.14. The van der Waals surface area contributed by atoms with Crippen LogP contribution in [0, 0.1) is 0 Å². The molecule has 1 aromatic rings. The van der Waals surface area contributed by atoms with Gasteiger partial charge in [0.1, 0.15) is 5.00 Å². The molecule has 0 bridgehead atoms. The first-order valence-corrected chi connectivity index (χ1v) is 6.31. The van der Waals surface area contributed by atoms with E-state index in [4.69, 9.17) is 11.5 Å². The molecule has 0 saturated carbocycles. The molecule has 1 rings (SSSR count). The van der Waals surface area contributed by atoms with E-state index in [0.717, 1.165) is 12.8 Å². The molecule has 1 aromatic heterocycles. The van der Waals surface area contributed by atoms with E-state index in [1.165, 1.54) is 11.3 Å². The minimum atomic E-state index is -0.530. The van der Waals surface area contributed by atoms with Gasteiger partial charge in [-0.05, 0) is 31.2 Å². The number of carbonyl (C=O) groups excluding carboxylic acids is 2. The highest BCUT2D eigenvalue weighted by Crippen LogP contribution is 2.22. The van der Waals surface area contributed by atoms with Crippen LogP contribution in [0.5, 0.6) is 0 Å². The van der Waals surface area contributed by atoms with Gasteiger partial charge >= 0.3 is 0 Å². The Bertz CT molecular complexity index is 401. The standard InChI is InChI=1S/C11H17N3O2S/c1-7(12)3-2-4-9(15)14-11-8(10(13)16)5-6-17-11/h5-7H,2-4,12H2,1H3,(H2,13,16)(H,14,15). The van der Waals surface area contributed by atoms with Crippen LogP contribution in [-0.4, -0.2) is 17.9 Å². The van der Waals surface area contributed by atoms with Gasteiger partial charge in [0, 0.05) is 12.5 Å². The van der Waals surface area contributed by atoms with Crippen molar-refractivity contribution in [3.8, 4) is 0 Å². The van der Waals surface area contributed by atoms with E-state index in [1.807, 2.05) is 6.92 Å². The molecule has 1 atom stereocenters. The van der Waals surface area contributed by atoms with Gasteiger partial charge in [-0.15, -0.1) is 11.3 Å². The first kappa shape index (κ1) is 13.7. The third kappa shape index (κ3) is 4.54. The van der Waals surface area contributed by atoms with Gasteiger partial charge in [0.05, 0.1) is 5.56 Å². The second kappa shape index (κ2) is 6.36. The van der Waals surface area contributed by atoms with Gasteiger partial charge in [-0.25, -0.2) is 0 Å². The molecule has 94 valence electrons. The van der Waals surface area contributed by atoms with Crippen LogP contribution in [-0.2, 0) is 4.79 Å². The molecule has 0 fully saturated rings. The predicted molar refractivity (Wildman–Crippen MR) is 69.0 cm³/mol. The Morgan fingerprint density at radius 3 is 2.82 bits per heavy atom. The van der Waals surface area contributed by atoms with Crippen LogP contribution in [0.3, 0.4) is 0 Å². The number of carbonyl (C=O) groups is 2. The summed E-state index contributed by atoms with van der Waals surface area (Å²) in [5, 5.41) is 4.92. The van der Waals surface area contributed by atoms with Gasteiger partial charge in [-0.1, -0.05) is 0 Å². The van der Waals surface area contributed by atoms with Crippen LogP contribution in [0.15, 0.2) is 11.4 Å².